The van der Waals surface area contributed by atoms with Gasteiger partial charge in [-0.15, -0.1) is 0 Å². The summed E-state index contributed by atoms with van der Waals surface area (Å²) in [5.74, 6) is 0.357. The van der Waals surface area contributed by atoms with Gasteiger partial charge < -0.3 is 9.80 Å². The molecule has 4 nitrogen and oxygen atoms in total. The van der Waals surface area contributed by atoms with Crippen LogP contribution in [-0.4, -0.2) is 40.2 Å². The fourth-order valence-corrected chi connectivity index (χ4v) is 5.54. The van der Waals surface area contributed by atoms with E-state index < -0.39 is 0 Å². The lowest BCUT2D eigenvalue weighted by molar-refractivity contribution is -0.138. The molecule has 1 aromatic carbocycles. The van der Waals surface area contributed by atoms with E-state index in [9.17, 15) is 14.0 Å². The predicted octanol–water partition coefficient (Wildman–Crippen LogP) is 4.14. The summed E-state index contributed by atoms with van der Waals surface area (Å²) >= 11 is 0. The number of carbonyl (C=O) groups excluding carboxylic acids is 2. The van der Waals surface area contributed by atoms with Gasteiger partial charge in [-0.05, 0) is 50.0 Å². The van der Waals surface area contributed by atoms with Crippen LogP contribution in [0.25, 0.3) is 0 Å². The minimum Gasteiger partial charge on any atom is -0.342 e. The van der Waals surface area contributed by atoms with Crippen LogP contribution >= 0.6 is 0 Å². The third kappa shape index (κ3) is 3.13. The summed E-state index contributed by atoms with van der Waals surface area (Å²) in [6.07, 6.45) is 6.12. The number of hydrogen-bond acceptors (Lipinski definition) is 2. The van der Waals surface area contributed by atoms with E-state index in [1.165, 1.54) is 6.07 Å². The Balaban J connectivity index is 1.43. The maximum atomic E-state index is 14.1. The summed E-state index contributed by atoms with van der Waals surface area (Å²) in [6, 6.07) is 6.70. The van der Waals surface area contributed by atoms with Gasteiger partial charge in [0.05, 0.1) is 0 Å². The van der Waals surface area contributed by atoms with Crippen LogP contribution in [0.5, 0.6) is 0 Å². The van der Waals surface area contributed by atoms with Crippen molar-refractivity contribution in [3.8, 4) is 0 Å². The molecule has 1 atom stereocenters. The highest BCUT2D eigenvalue weighted by Crippen LogP contribution is 2.58. The first-order valence-corrected chi connectivity index (χ1v) is 10.8. The molecule has 2 aliphatic heterocycles. The largest absolute Gasteiger partial charge is 0.342 e. The van der Waals surface area contributed by atoms with Gasteiger partial charge in [-0.25, -0.2) is 4.39 Å². The molecule has 1 aromatic rings. The lowest BCUT2D eigenvalue weighted by atomic mass is 9.84. The first-order chi connectivity index (χ1) is 13.4. The number of piperidine rings is 1. The molecule has 0 aromatic heterocycles. The maximum absolute atomic E-state index is 14.1. The second-order valence-electron chi connectivity index (χ2n) is 8.95. The van der Waals surface area contributed by atoms with Crippen LogP contribution in [0.3, 0.4) is 0 Å². The third-order valence-corrected chi connectivity index (χ3v) is 7.87. The van der Waals surface area contributed by atoms with Crippen LogP contribution in [0, 0.1) is 17.2 Å². The summed E-state index contributed by atoms with van der Waals surface area (Å²) in [5, 5.41) is 0. The van der Waals surface area contributed by atoms with E-state index in [1.807, 2.05) is 15.9 Å². The predicted molar refractivity (Wildman–Crippen MR) is 106 cm³/mol. The molecule has 4 rings (SSSR count). The van der Waals surface area contributed by atoms with E-state index in [1.54, 1.807) is 12.1 Å². The van der Waals surface area contributed by atoms with Crippen molar-refractivity contribution in [3.63, 3.8) is 0 Å². The quantitative estimate of drug-likeness (QED) is 0.763. The average molecular weight is 387 g/mol. The Morgan fingerprint density at radius 1 is 1.14 bits per heavy atom. The third-order valence-electron chi connectivity index (χ3n) is 7.87. The molecule has 0 N–H and O–H groups in total. The first-order valence-electron chi connectivity index (χ1n) is 10.8. The number of rotatable bonds is 5. The zero-order chi connectivity index (χ0) is 19.9. The van der Waals surface area contributed by atoms with Crippen molar-refractivity contribution in [3.05, 3.63) is 35.6 Å². The molecule has 28 heavy (non-hydrogen) atoms. The molecule has 1 unspecified atom stereocenters. The van der Waals surface area contributed by atoms with E-state index in [4.69, 9.17) is 0 Å². The van der Waals surface area contributed by atoms with Crippen LogP contribution in [-0.2, 0) is 16.1 Å². The van der Waals surface area contributed by atoms with E-state index in [0.717, 1.165) is 38.5 Å². The van der Waals surface area contributed by atoms with Crippen molar-refractivity contribution >= 4 is 11.8 Å². The fourth-order valence-electron chi connectivity index (χ4n) is 5.54. The number of benzene rings is 1. The minimum atomic E-state index is -0.255. The second kappa shape index (κ2) is 7.16. The molecule has 2 heterocycles. The summed E-state index contributed by atoms with van der Waals surface area (Å²) in [4.78, 5) is 29.5. The first kappa shape index (κ1) is 19.4. The molecule has 1 aliphatic carbocycles. The van der Waals surface area contributed by atoms with Gasteiger partial charge in [-0.2, -0.15) is 0 Å². The zero-order valence-corrected chi connectivity index (χ0v) is 17.0. The van der Waals surface area contributed by atoms with Crippen molar-refractivity contribution in [2.24, 2.45) is 11.3 Å². The van der Waals surface area contributed by atoms with Crippen LogP contribution in [0.4, 0.5) is 4.39 Å². The van der Waals surface area contributed by atoms with E-state index in [2.05, 4.69) is 13.8 Å². The fraction of sp³-hybridized carbons (Fsp3) is 0.652. The van der Waals surface area contributed by atoms with Gasteiger partial charge in [0, 0.05) is 43.1 Å². The number of amides is 2. The highest BCUT2D eigenvalue weighted by Gasteiger charge is 2.57. The Bertz CT molecular complexity index is 766. The van der Waals surface area contributed by atoms with Crippen molar-refractivity contribution in [1.82, 2.24) is 9.80 Å². The zero-order valence-electron chi connectivity index (χ0n) is 17.0. The monoisotopic (exact) mass is 386 g/mol. The molecule has 2 amide bonds. The Morgan fingerprint density at radius 2 is 1.82 bits per heavy atom. The number of nitrogens with zero attached hydrogens (tertiary/aromatic N) is 2. The van der Waals surface area contributed by atoms with Gasteiger partial charge >= 0.3 is 0 Å². The van der Waals surface area contributed by atoms with Crippen molar-refractivity contribution in [2.75, 3.05) is 13.1 Å². The molecular formula is C23H31FN2O2. The van der Waals surface area contributed by atoms with Crippen molar-refractivity contribution in [2.45, 2.75) is 70.9 Å². The SMILES string of the molecule is CCC1(CC)CC1C(=O)N1CCC2(CCC(=O)N2Cc2ccccc2F)CC1. The van der Waals surface area contributed by atoms with Gasteiger partial charge in [0.2, 0.25) is 11.8 Å². The highest BCUT2D eigenvalue weighted by molar-refractivity contribution is 5.83. The van der Waals surface area contributed by atoms with Crippen LogP contribution in [0.15, 0.2) is 24.3 Å². The smallest absolute Gasteiger partial charge is 0.226 e. The topological polar surface area (TPSA) is 40.6 Å². The number of halogens is 1. The molecule has 152 valence electrons. The highest BCUT2D eigenvalue weighted by atomic mass is 19.1. The second-order valence-corrected chi connectivity index (χ2v) is 8.95. The number of likely N-dealkylation sites (tertiary alicyclic amines) is 2. The van der Waals surface area contributed by atoms with Crippen LogP contribution in [0.1, 0.15) is 64.4 Å². The van der Waals surface area contributed by atoms with Gasteiger partial charge in [0.15, 0.2) is 0 Å². The average Bonchev–Trinajstić information content (AvgIpc) is 3.39. The Labute approximate surface area is 167 Å². The molecular weight excluding hydrogens is 355 g/mol. The molecule has 5 heteroatoms. The summed E-state index contributed by atoms with van der Waals surface area (Å²) in [5.41, 5.74) is 0.586. The standard InChI is InChI=1S/C23H31FN2O2/c1-3-22(4-2)15-18(22)21(28)25-13-11-23(12-14-25)10-9-20(27)26(23)16-17-7-5-6-8-19(17)24/h5-8,18H,3-4,9-16H2,1-2H3. The summed E-state index contributed by atoms with van der Waals surface area (Å²) in [7, 11) is 0. The summed E-state index contributed by atoms with van der Waals surface area (Å²) < 4.78 is 14.1. The van der Waals surface area contributed by atoms with Crippen LogP contribution < -0.4 is 0 Å². The minimum absolute atomic E-state index is 0.112. The molecule has 3 aliphatic rings. The van der Waals surface area contributed by atoms with Crippen LogP contribution in [0.2, 0.25) is 0 Å². The van der Waals surface area contributed by atoms with E-state index in [-0.39, 0.29) is 28.6 Å². The van der Waals surface area contributed by atoms with Gasteiger partial charge in [0.1, 0.15) is 5.82 Å². The molecule has 3 fully saturated rings. The van der Waals surface area contributed by atoms with Crippen molar-refractivity contribution in [1.29, 1.82) is 0 Å². The molecule has 0 bridgehead atoms. The van der Waals surface area contributed by atoms with E-state index >= 15 is 0 Å². The Hall–Kier alpha value is -1.91. The van der Waals surface area contributed by atoms with Gasteiger partial charge in [-0.3, -0.25) is 9.59 Å². The summed E-state index contributed by atoms with van der Waals surface area (Å²) in [6.45, 7) is 6.12. The lowest BCUT2D eigenvalue weighted by Crippen LogP contribution is -2.54. The number of hydrogen-bond donors (Lipinski definition) is 0. The Kier molecular flexibility index (Phi) is 4.96. The van der Waals surface area contributed by atoms with E-state index in [0.29, 0.717) is 37.5 Å². The van der Waals surface area contributed by atoms with Crippen molar-refractivity contribution < 1.29 is 14.0 Å². The Morgan fingerprint density at radius 3 is 2.43 bits per heavy atom. The lowest BCUT2D eigenvalue weighted by Gasteiger charge is -2.45. The molecule has 2 saturated heterocycles. The normalized spacial score (nSPS) is 25.4. The molecule has 1 spiro atoms. The molecule has 1 saturated carbocycles. The van der Waals surface area contributed by atoms with Gasteiger partial charge in [-0.1, -0.05) is 32.0 Å². The van der Waals surface area contributed by atoms with Gasteiger partial charge in [0.25, 0.3) is 0 Å². The molecule has 0 radical (unpaired) electrons. The number of carbonyl (C=O) groups is 2. The maximum Gasteiger partial charge on any atom is 0.226 e.